The maximum atomic E-state index is 11.9. The summed E-state index contributed by atoms with van der Waals surface area (Å²) in [7, 11) is 1.61. The Labute approximate surface area is 110 Å². The number of amides is 2. The third kappa shape index (κ3) is 7.27. The van der Waals surface area contributed by atoms with E-state index in [9.17, 15) is 9.59 Å². The highest BCUT2D eigenvalue weighted by atomic mass is 16.2. The molecule has 0 fully saturated rings. The van der Waals surface area contributed by atoms with Crippen LogP contribution in [0.5, 0.6) is 0 Å². The molecule has 18 heavy (non-hydrogen) atoms. The number of nitrogens with one attached hydrogen (secondary N) is 1. The molecule has 0 aliphatic rings. The van der Waals surface area contributed by atoms with Crippen molar-refractivity contribution in [2.24, 2.45) is 5.73 Å². The molecule has 106 valence electrons. The molecule has 2 amide bonds. The molecule has 1 atom stereocenters. The summed E-state index contributed by atoms with van der Waals surface area (Å²) in [6, 6.07) is -0.502. The molecule has 0 rings (SSSR count). The largest absolute Gasteiger partial charge is 0.350 e. The zero-order valence-electron chi connectivity index (χ0n) is 12.2. The molecule has 0 saturated heterocycles. The van der Waals surface area contributed by atoms with E-state index in [4.69, 9.17) is 5.73 Å². The van der Waals surface area contributed by atoms with Crippen LogP contribution in [0.3, 0.4) is 0 Å². The van der Waals surface area contributed by atoms with Crippen molar-refractivity contribution < 1.29 is 9.59 Å². The number of carbonyl (C=O) groups is 2. The second-order valence-electron chi connectivity index (χ2n) is 5.74. The molecule has 5 heteroatoms. The van der Waals surface area contributed by atoms with Gasteiger partial charge >= 0.3 is 0 Å². The van der Waals surface area contributed by atoms with Crippen molar-refractivity contribution in [1.82, 2.24) is 10.2 Å². The van der Waals surface area contributed by atoms with Crippen molar-refractivity contribution in [3.63, 3.8) is 0 Å². The first-order chi connectivity index (χ1) is 8.17. The lowest BCUT2D eigenvalue weighted by Crippen LogP contribution is -2.49. The van der Waals surface area contributed by atoms with E-state index < -0.39 is 6.04 Å². The second kappa shape index (κ2) is 7.36. The number of nitrogens with zero attached hydrogens (tertiary/aromatic N) is 1. The summed E-state index contributed by atoms with van der Waals surface area (Å²) in [6.07, 6.45) is 2.60. The molecule has 3 N–H and O–H groups in total. The van der Waals surface area contributed by atoms with Gasteiger partial charge < -0.3 is 16.0 Å². The lowest BCUT2D eigenvalue weighted by Gasteiger charge is -2.24. The Balaban J connectivity index is 4.19. The normalized spacial score (nSPS) is 13.0. The van der Waals surface area contributed by atoms with Crippen molar-refractivity contribution in [3.05, 3.63) is 0 Å². The average Bonchev–Trinajstić information content (AvgIpc) is 2.21. The number of unbranched alkanes of at least 4 members (excludes halogenated alkanes) is 1. The molecule has 0 aromatic heterocycles. The lowest BCUT2D eigenvalue weighted by atomic mass is 10.1. The average molecular weight is 257 g/mol. The molecular weight excluding hydrogens is 230 g/mol. The molecule has 0 bridgehead atoms. The van der Waals surface area contributed by atoms with Crippen LogP contribution in [0.1, 0.15) is 47.0 Å². The molecular formula is C13H27N3O2. The SMILES string of the molecule is CCCCC(N)C(=O)N(C)CC(=O)NC(C)(C)C. The van der Waals surface area contributed by atoms with Crippen LogP contribution >= 0.6 is 0 Å². The molecule has 0 aromatic carbocycles. The smallest absolute Gasteiger partial charge is 0.240 e. The Kier molecular flexibility index (Phi) is 6.91. The van der Waals surface area contributed by atoms with E-state index >= 15 is 0 Å². The predicted molar refractivity (Wildman–Crippen MR) is 73.0 cm³/mol. The van der Waals surface area contributed by atoms with Gasteiger partial charge in [-0.15, -0.1) is 0 Å². The Hall–Kier alpha value is -1.10. The monoisotopic (exact) mass is 257 g/mol. The zero-order valence-corrected chi connectivity index (χ0v) is 12.2. The minimum Gasteiger partial charge on any atom is -0.350 e. The van der Waals surface area contributed by atoms with Gasteiger partial charge in [0.1, 0.15) is 0 Å². The second-order valence-corrected chi connectivity index (χ2v) is 5.74. The van der Waals surface area contributed by atoms with Crippen molar-refractivity contribution in [3.8, 4) is 0 Å². The van der Waals surface area contributed by atoms with Crippen LogP contribution in [0, 0.1) is 0 Å². The van der Waals surface area contributed by atoms with Crippen LogP contribution in [0.2, 0.25) is 0 Å². The van der Waals surface area contributed by atoms with Crippen molar-refractivity contribution in [2.75, 3.05) is 13.6 Å². The molecule has 0 aromatic rings. The van der Waals surface area contributed by atoms with Gasteiger partial charge in [-0.25, -0.2) is 0 Å². The quantitative estimate of drug-likeness (QED) is 0.741. The predicted octanol–water partition coefficient (Wildman–Crippen LogP) is 0.877. The molecule has 0 radical (unpaired) electrons. The fourth-order valence-electron chi connectivity index (χ4n) is 1.58. The lowest BCUT2D eigenvalue weighted by molar-refractivity contribution is -0.136. The van der Waals surface area contributed by atoms with Crippen LogP contribution < -0.4 is 11.1 Å². The first-order valence-corrected chi connectivity index (χ1v) is 6.49. The molecule has 0 heterocycles. The highest BCUT2D eigenvalue weighted by molar-refractivity contribution is 5.87. The fourth-order valence-corrected chi connectivity index (χ4v) is 1.58. The minimum atomic E-state index is -0.502. The topological polar surface area (TPSA) is 75.4 Å². The summed E-state index contributed by atoms with van der Waals surface area (Å²) in [4.78, 5) is 24.9. The number of hydrogen-bond acceptors (Lipinski definition) is 3. The van der Waals surface area contributed by atoms with Gasteiger partial charge in [-0.2, -0.15) is 0 Å². The Bertz CT molecular complexity index is 284. The number of rotatable bonds is 6. The van der Waals surface area contributed by atoms with E-state index in [0.29, 0.717) is 6.42 Å². The molecule has 5 nitrogen and oxygen atoms in total. The van der Waals surface area contributed by atoms with Crippen LogP contribution in [-0.4, -0.2) is 41.9 Å². The summed E-state index contributed by atoms with van der Waals surface area (Å²) in [6.45, 7) is 7.81. The Morgan fingerprint density at radius 3 is 2.33 bits per heavy atom. The van der Waals surface area contributed by atoms with E-state index in [1.165, 1.54) is 4.90 Å². The number of likely N-dealkylation sites (N-methyl/N-ethyl adjacent to an activating group) is 1. The van der Waals surface area contributed by atoms with E-state index in [0.717, 1.165) is 12.8 Å². The van der Waals surface area contributed by atoms with Crippen LogP contribution in [0.25, 0.3) is 0 Å². The van der Waals surface area contributed by atoms with Gasteiger partial charge in [-0.1, -0.05) is 19.8 Å². The summed E-state index contributed by atoms with van der Waals surface area (Å²) in [5.74, 6) is -0.339. The highest BCUT2D eigenvalue weighted by Crippen LogP contribution is 2.02. The van der Waals surface area contributed by atoms with Gasteiger partial charge in [0.2, 0.25) is 11.8 Å². The zero-order chi connectivity index (χ0) is 14.3. The van der Waals surface area contributed by atoms with E-state index in [2.05, 4.69) is 12.2 Å². The van der Waals surface area contributed by atoms with Gasteiger partial charge in [-0.05, 0) is 27.2 Å². The summed E-state index contributed by atoms with van der Waals surface area (Å²) < 4.78 is 0. The fraction of sp³-hybridized carbons (Fsp3) is 0.846. The molecule has 0 aliphatic carbocycles. The summed E-state index contributed by atoms with van der Waals surface area (Å²) >= 11 is 0. The van der Waals surface area contributed by atoms with E-state index in [1.54, 1.807) is 7.05 Å². The van der Waals surface area contributed by atoms with E-state index in [1.807, 2.05) is 20.8 Å². The highest BCUT2D eigenvalue weighted by Gasteiger charge is 2.21. The van der Waals surface area contributed by atoms with Crippen molar-refractivity contribution in [1.29, 1.82) is 0 Å². The number of hydrogen-bond donors (Lipinski definition) is 2. The standard InChI is InChI=1S/C13H27N3O2/c1-6-7-8-10(14)12(18)16(5)9-11(17)15-13(2,3)4/h10H,6-9,14H2,1-5H3,(H,15,17). The van der Waals surface area contributed by atoms with Crippen LogP contribution in [-0.2, 0) is 9.59 Å². The minimum absolute atomic E-state index is 0.0515. The van der Waals surface area contributed by atoms with Crippen LogP contribution in [0.4, 0.5) is 0 Å². The molecule has 0 aliphatic heterocycles. The first-order valence-electron chi connectivity index (χ1n) is 6.49. The summed E-state index contributed by atoms with van der Waals surface area (Å²) in [5.41, 5.74) is 5.50. The third-order valence-electron chi connectivity index (χ3n) is 2.46. The third-order valence-corrected chi connectivity index (χ3v) is 2.46. The molecule has 1 unspecified atom stereocenters. The van der Waals surface area contributed by atoms with Gasteiger partial charge in [-0.3, -0.25) is 9.59 Å². The van der Waals surface area contributed by atoms with Crippen molar-refractivity contribution in [2.45, 2.75) is 58.5 Å². The Morgan fingerprint density at radius 1 is 1.33 bits per heavy atom. The molecule has 0 spiro atoms. The van der Waals surface area contributed by atoms with E-state index in [-0.39, 0.29) is 23.9 Å². The molecule has 0 saturated carbocycles. The number of nitrogens with two attached hydrogens (primary N) is 1. The summed E-state index contributed by atoms with van der Waals surface area (Å²) in [5, 5.41) is 2.81. The van der Waals surface area contributed by atoms with Gasteiger partial charge in [0.25, 0.3) is 0 Å². The Morgan fingerprint density at radius 2 is 1.89 bits per heavy atom. The maximum Gasteiger partial charge on any atom is 0.240 e. The van der Waals surface area contributed by atoms with Gasteiger partial charge in [0.05, 0.1) is 12.6 Å². The van der Waals surface area contributed by atoms with Crippen LogP contribution in [0.15, 0.2) is 0 Å². The first kappa shape index (κ1) is 16.9. The van der Waals surface area contributed by atoms with Gasteiger partial charge in [0.15, 0.2) is 0 Å². The maximum absolute atomic E-state index is 11.9. The van der Waals surface area contributed by atoms with Crippen molar-refractivity contribution >= 4 is 11.8 Å². The van der Waals surface area contributed by atoms with Gasteiger partial charge in [0, 0.05) is 12.6 Å². The number of carbonyl (C=O) groups excluding carboxylic acids is 2.